The maximum Gasteiger partial charge on any atom is 0.237 e. The minimum Gasteiger partial charge on any atom is -0.338 e. The van der Waals surface area contributed by atoms with E-state index < -0.39 is 0 Å². The zero-order chi connectivity index (χ0) is 13.7. The van der Waals surface area contributed by atoms with Gasteiger partial charge in [0, 0.05) is 13.5 Å². The number of unbranched alkanes of at least 4 members (excludes halogenated alkanes) is 1. The molecule has 2 aromatic rings. The van der Waals surface area contributed by atoms with Crippen molar-refractivity contribution >= 4 is 11.8 Å². The Hall–Kier alpha value is -1.41. The van der Waals surface area contributed by atoms with E-state index in [9.17, 15) is 0 Å². The van der Waals surface area contributed by atoms with Crippen molar-refractivity contribution in [2.45, 2.75) is 43.6 Å². The maximum atomic E-state index is 5.55. The Labute approximate surface area is 116 Å². The highest BCUT2D eigenvalue weighted by atomic mass is 32.2. The van der Waals surface area contributed by atoms with E-state index in [2.05, 4.69) is 27.3 Å². The first-order valence-electron chi connectivity index (χ1n) is 6.27. The fourth-order valence-corrected chi connectivity index (χ4v) is 2.33. The van der Waals surface area contributed by atoms with Crippen molar-refractivity contribution in [3.8, 4) is 0 Å². The van der Waals surface area contributed by atoms with Crippen LogP contribution >= 0.6 is 11.8 Å². The lowest BCUT2D eigenvalue weighted by molar-refractivity contribution is 0.384. The number of thioether (sulfide) groups is 1. The molecule has 0 bridgehead atoms. The lowest BCUT2D eigenvalue weighted by Crippen LogP contribution is -2.05. The van der Waals surface area contributed by atoms with Gasteiger partial charge < -0.3 is 14.8 Å². The molecular weight excluding hydrogens is 264 g/mol. The van der Waals surface area contributed by atoms with Gasteiger partial charge in [0.1, 0.15) is 5.82 Å². The zero-order valence-electron chi connectivity index (χ0n) is 11.2. The predicted molar refractivity (Wildman–Crippen MR) is 71.4 cm³/mol. The van der Waals surface area contributed by atoms with Crippen LogP contribution in [0.1, 0.15) is 37.3 Å². The summed E-state index contributed by atoms with van der Waals surface area (Å²) in [6.07, 6.45) is 3.07. The fourth-order valence-electron chi connectivity index (χ4n) is 1.56. The van der Waals surface area contributed by atoms with Crippen LogP contribution in [0, 0.1) is 0 Å². The molecule has 2 N–H and O–H groups in total. The van der Waals surface area contributed by atoms with Crippen LogP contribution in [-0.2, 0) is 25.8 Å². The second-order valence-corrected chi connectivity index (χ2v) is 5.10. The Balaban J connectivity index is 1.91. The Morgan fingerprint density at radius 1 is 1.37 bits per heavy atom. The molecule has 0 amide bonds. The lowest BCUT2D eigenvalue weighted by atomic mass is 10.2. The van der Waals surface area contributed by atoms with Crippen LogP contribution in [0.15, 0.2) is 9.68 Å². The molecule has 0 unspecified atom stereocenters. The third-order valence-electron chi connectivity index (χ3n) is 2.70. The number of rotatable bonds is 7. The Morgan fingerprint density at radius 2 is 2.21 bits per heavy atom. The van der Waals surface area contributed by atoms with Crippen LogP contribution in [0.4, 0.5) is 0 Å². The monoisotopic (exact) mass is 282 g/mol. The van der Waals surface area contributed by atoms with Crippen molar-refractivity contribution in [1.82, 2.24) is 24.9 Å². The van der Waals surface area contributed by atoms with Gasteiger partial charge in [0.15, 0.2) is 11.0 Å². The highest BCUT2D eigenvalue weighted by Gasteiger charge is 2.11. The molecule has 19 heavy (non-hydrogen) atoms. The quantitative estimate of drug-likeness (QED) is 0.764. The third-order valence-corrected chi connectivity index (χ3v) is 3.70. The van der Waals surface area contributed by atoms with Crippen LogP contribution < -0.4 is 5.73 Å². The van der Waals surface area contributed by atoms with Crippen molar-refractivity contribution in [2.24, 2.45) is 12.8 Å². The number of aryl methyl sites for hydroxylation is 1. The van der Waals surface area contributed by atoms with Gasteiger partial charge in [-0.3, -0.25) is 0 Å². The van der Waals surface area contributed by atoms with Crippen LogP contribution in [0.3, 0.4) is 0 Å². The molecule has 0 fully saturated rings. The number of aromatic nitrogens is 5. The molecule has 104 valence electrons. The van der Waals surface area contributed by atoms with E-state index in [1.165, 1.54) is 11.8 Å². The zero-order valence-corrected chi connectivity index (χ0v) is 12.0. The van der Waals surface area contributed by atoms with Gasteiger partial charge in [0.25, 0.3) is 0 Å². The second-order valence-electron chi connectivity index (χ2n) is 4.16. The lowest BCUT2D eigenvalue weighted by Gasteiger charge is -1.99. The first-order chi connectivity index (χ1) is 9.24. The van der Waals surface area contributed by atoms with Crippen LogP contribution in [-0.4, -0.2) is 24.9 Å². The SMILES string of the molecule is CCCCc1noc(CSc2nnc(CN)n2C)n1. The van der Waals surface area contributed by atoms with Crippen molar-refractivity contribution in [2.75, 3.05) is 0 Å². The number of hydrogen-bond acceptors (Lipinski definition) is 7. The summed E-state index contributed by atoms with van der Waals surface area (Å²) in [5, 5.41) is 12.8. The minimum atomic E-state index is 0.381. The summed E-state index contributed by atoms with van der Waals surface area (Å²) in [7, 11) is 1.89. The molecule has 0 aliphatic rings. The molecule has 2 heterocycles. The maximum absolute atomic E-state index is 5.55. The molecule has 0 radical (unpaired) electrons. The molecule has 0 saturated carbocycles. The number of hydrogen-bond donors (Lipinski definition) is 1. The van der Waals surface area contributed by atoms with Crippen LogP contribution in [0.5, 0.6) is 0 Å². The highest BCUT2D eigenvalue weighted by molar-refractivity contribution is 7.98. The Morgan fingerprint density at radius 3 is 2.89 bits per heavy atom. The Kier molecular flexibility index (Phi) is 4.92. The first kappa shape index (κ1) is 14.0. The summed E-state index contributed by atoms with van der Waals surface area (Å²) >= 11 is 1.51. The molecule has 7 nitrogen and oxygen atoms in total. The van der Waals surface area contributed by atoms with Gasteiger partial charge in [-0.05, 0) is 6.42 Å². The fraction of sp³-hybridized carbons (Fsp3) is 0.636. The van der Waals surface area contributed by atoms with Gasteiger partial charge in [0.2, 0.25) is 5.89 Å². The van der Waals surface area contributed by atoms with E-state index in [4.69, 9.17) is 10.3 Å². The predicted octanol–water partition coefficient (Wildman–Crippen LogP) is 1.29. The van der Waals surface area contributed by atoms with E-state index >= 15 is 0 Å². The standard InChI is InChI=1S/C11H18N6OS/c1-3-4-5-8-13-10(18-16-8)7-19-11-15-14-9(6-12)17(11)2/h3-7,12H2,1-2H3. The largest absolute Gasteiger partial charge is 0.338 e. The number of nitrogens with two attached hydrogens (primary N) is 1. The second kappa shape index (κ2) is 6.67. The molecule has 0 aliphatic carbocycles. The molecular formula is C11H18N6OS. The van der Waals surface area contributed by atoms with Gasteiger partial charge in [-0.1, -0.05) is 30.3 Å². The van der Waals surface area contributed by atoms with Gasteiger partial charge in [-0.2, -0.15) is 4.98 Å². The summed E-state index contributed by atoms with van der Waals surface area (Å²) in [6, 6.07) is 0. The smallest absolute Gasteiger partial charge is 0.237 e. The van der Waals surface area contributed by atoms with Gasteiger partial charge in [-0.15, -0.1) is 10.2 Å². The van der Waals surface area contributed by atoms with Crippen molar-refractivity contribution in [3.63, 3.8) is 0 Å². The number of nitrogens with zero attached hydrogens (tertiary/aromatic N) is 5. The summed E-state index contributed by atoms with van der Waals surface area (Å²) < 4.78 is 7.07. The summed E-state index contributed by atoms with van der Waals surface area (Å²) in [5.74, 6) is 2.75. The van der Waals surface area contributed by atoms with E-state index in [-0.39, 0.29) is 0 Å². The van der Waals surface area contributed by atoms with E-state index in [0.29, 0.717) is 18.2 Å². The average molecular weight is 282 g/mol. The molecule has 0 atom stereocenters. The molecule has 2 aromatic heterocycles. The molecule has 0 aromatic carbocycles. The summed E-state index contributed by atoms with van der Waals surface area (Å²) in [6.45, 7) is 2.52. The van der Waals surface area contributed by atoms with Crippen molar-refractivity contribution in [3.05, 3.63) is 17.5 Å². The van der Waals surface area contributed by atoms with E-state index in [0.717, 1.165) is 36.1 Å². The van der Waals surface area contributed by atoms with Crippen LogP contribution in [0.25, 0.3) is 0 Å². The van der Waals surface area contributed by atoms with Gasteiger partial charge in [-0.25, -0.2) is 0 Å². The van der Waals surface area contributed by atoms with E-state index in [1.807, 2.05) is 11.6 Å². The topological polar surface area (TPSA) is 95.6 Å². The van der Waals surface area contributed by atoms with Crippen molar-refractivity contribution < 1.29 is 4.52 Å². The average Bonchev–Trinajstić information content (AvgIpc) is 3.01. The van der Waals surface area contributed by atoms with Crippen molar-refractivity contribution in [1.29, 1.82) is 0 Å². The summed E-state index contributed by atoms with van der Waals surface area (Å²) in [4.78, 5) is 4.34. The third kappa shape index (κ3) is 3.54. The molecule has 0 spiro atoms. The highest BCUT2D eigenvalue weighted by Crippen LogP contribution is 2.20. The summed E-state index contributed by atoms with van der Waals surface area (Å²) in [5.41, 5.74) is 5.55. The van der Waals surface area contributed by atoms with E-state index in [1.54, 1.807) is 0 Å². The molecule has 0 aliphatic heterocycles. The molecule has 2 rings (SSSR count). The normalized spacial score (nSPS) is 11.1. The Bertz CT molecular complexity index is 523. The van der Waals surface area contributed by atoms with Gasteiger partial charge >= 0.3 is 0 Å². The first-order valence-corrected chi connectivity index (χ1v) is 7.25. The van der Waals surface area contributed by atoms with Crippen LogP contribution in [0.2, 0.25) is 0 Å². The molecule has 0 saturated heterocycles. The van der Waals surface area contributed by atoms with Gasteiger partial charge in [0.05, 0.1) is 12.3 Å². The minimum absolute atomic E-state index is 0.381. The molecule has 8 heteroatoms.